The average molecular weight is 351 g/mol. The zero-order valence-corrected chi connectivity index (χ0v) is 15.7. The number of hydrogen-bond acceptors (Lipinski definition) is 3. The molecule has 2 heterocycles. The molecule has 1 amide bonds. The number of hydrogen-bond donors (Lipinski definition) is 0. The zero-order valence-electron chi connectivity index (χ0n) is 15.7. The van der Waals surface area contributed by atoms with Crippen molar-refractivity contribution in [2.24, 2.45) is 0 Å². The second-order valence-corrected chi connectivity index (χ2v) is 7.12. The van der Waals surface area contributed by atoms with Crippen LogP contribution in [-0.2, 0) is 11.3 Å². The van der Waals surface area contributed by atoms with E-state index in [9.17, 15) is 4.79 Å². The Kier molecular flexibility index (Phi) is 6.78. The molecule has 0 bridgehead atoms. The van der Waals surface area contributed by atoms with Crippen molar-refractivity contribution in [3.05, 3.63) is 66.0 Å². The topological polar surface area (TPSA) is 36.4 Å². The van der Waals surface area contributed by atoms with Gasteiger partial charge in [-0.05, 0) is 37.5 Å². The van der Waals surface area contributed by atoms with Crippen LogP contribution in [0.15, 0.2) is 54.7 Å². The predicted octanol–water partition coefficient (Wildman–Crippen LogP) is 4.05. The standard InChI is InChI=1S/C22H29N3O/c1-19(21-13-7-8-14-23-21)25(17-20-11-5-4-6-12-20)18-22(26)24-15-9-2-3-10-16-24/h4-8,11-14,19H,2-3,9-10,15-18H2,1H3/t19-/m1/s1. The van der Waals surface area contributed by atoms with Crippen LogP contribution in [0.1, 0.15) is 49.9 Å². The first-order chi connectivity index (χ1) is 12.7. The number of benzene rings is 1. The van der Waals surface area contributed by atoms with Crippen molar-refractivity contribution in [3.8, 4) is 0 Å². The van der Waals surface area contributed by atoms with Gasteiger partial charge in [-0.2, -0.15) is 0 Å². The van der Waals surface area contributed by atoms with Crippen molar-refractivity contribution < 1.29 is 4.79 Å². The van der Waals surface area contributed by atoms with E-state index in [1.807, 2.05) is 30.5 Å². The van der Waals surface area contributed by atoms with Gasteiger partial charge >= 0.3 is 0 Å². The lowest BCUT2D eigenvalue weighted by molar-refractivity contribution is -0.133. The number of nitrogens with zero attached hydrogens (tertiary/aromatic N) is 3. The van der Waals surface area contributed by atoms with Gasteiger partial charge in [0.15, 0.2) is 0 Å². The summed E-state index contributed by atoms with van der Waals surface area (Å²) in [6.45, 7) is 5.12. The van der Waals surface area contributed by atoms with E-state index in [0.29, 0.717) is 6.54 Å². The highest BCUT2D eigenvalue weighted by Crippen LogP contribution is 2.21. The van der Waals surface area contributed by atoms with Gasteiger partial charge in [0.05, 0.1) is 18.3 Å². The summed E-state index contributed by atoms with van der Waals surface area (Å²) in [7, 11) is 0. The van der Waals surface area contributed by atoms with Gasteiger partial charge in [0.2, 0.25) is 5.91 Å². The summed E-state index contributed by atoms with van der Waals surface area (Å²) in [5.74, 6) is 0.241. The van der Waals surface area contributed by atoms with Crippen molar-refractivity contribution in [1.82, 2.24) is 14.8 Å². The largest absolute Gasteiger partial charge is 0.342 e. The van der Waals surface area contributed by atoms with E-state index < -0.39 is 0 Å². The summed E-state index contributed by atoms with van der Waals surface area (Å²) in [6.07, 6.45) is 6.55. The van der Waals surface area contributed by atoms with E-state index in [2.05, 4.69) is 46.0 Å². The van der Waals surface area contributed by atoms with Crippen LogP contribution in [0, 0.1) is 0 Å². The maximum atomic E-state index is 13.0. The monoisotopic (exact) mass is 351 g/mol. The van der Waals surface area contributed by atoms with Crippen LogP contribution in [0.25, 0.3) is 0 Å². The Labute approximate surface area is 156 Å². The lowest BCUT2D eigenvalue weighted by Crippen LogP contribution is -2.41. The maximum Gasteiger partial charge on any atom is 0.236 e. The van der Waals surface area contributed by atoms with Crippen LogP contribution in [0.2, 0.25) is 0 Å². The lowest BCUT2D eigenvalue weighted by Gasteiger charge is -2.31. The molecule has 4 nitrogen and oxygen atoms in total. The molecule has 1 aliphatic heterocycles. The fourth-order valence-electron chi connectivity index (χ4n) is 3.55. The van der Waals surface area contributed by atoms with Crippen molar-refractivity contribution >= 4 is 5.91 Å². The minimum Gasteiger partial charge on any atom is -0.342 e. The quantitative estimate of drug-likeness (QED) is 0.788. The third-order valence-corrected chi connectivity index (χ3v) is 5.19. The number of likely N-dealkylation sites (tertiary alicyclic amines) is 1. The van der Waals surface area contributed by atoms with E-state index in [-0.39, 0.29) is 11.9 Å². The van der Waals surface area contributed by atoms with Crippen LogP contribution < -0.4 is 0 Å². The third-order valence-electron chi connectivity index (χ3n) is 5.19. The Morgan fingerprint density at radius 1 is 1.04 bits per heavy atom. The third kappa shape index (κ3) is 5.15. The molecule has 2 aromatic rings. The molecular weight excluding hydrogens is 322 g/mol. The van der Waals surface area contributed by atoms with Gasteiger partial charge in [-0.1, -0.05) is 49.2 Å². The van der Waals surface area contributed by atoms with E-state index in [1.54, 1.807) is 0 Å². The number of pyridine rings is 1. The highest BCUT2D eigenvalue weighted by Gasteiger charge is 2.23. The van der Waals surface area contributed by atoms with Gasteiger partial charge < -0.3 is 4.90 Å². The summed E-state index contributed by atoms with van der Waals surface area (Å²) in [4.78, 5) is 21.8. The normalized spacial score (nSPS) is 16.3. The molecule has 1 saturated heterocycles. The van der Waals surface area contributed by atoms with Gasteiger partial charge in [0.1, 0.15) is 0 Å². The average Bonchev–Trinajstić information content (AvgIpc) is 2.98. The molecule has 0 N–H and O–H groups in total. The van der Waals surface area contributed by atoms with E-state index in [4.69, 9.17) is 0 Å². The Morgan fingerprint density at radius 2 is 1.73 bits per heavy atom. The number of carbonyl (C=O) groups excluding carboxylic acids is 1. The minimum absolute atomic E-state index is 0.0901. The molecule has 0 aliphatic carbocycles. The van der Waals surface area contributed by atoms with Gasteiger partial charge in [0.25, 0.3) is 0 Å². The van der Waals surface area contributed by atoms with Crippen molar-refractivity contribution in [2.75, 3.05) is 19.6 Å². The Bertz CT molecular complexity index is 666. The smallest absolute Gasteiger partial charge is 0.236 e. The molecule has 3 rings (SSSR count). The molecule has 1 aromatic carbocycles. The number of amides is 1. The van der Waals surface area contributed by atoms with Crippen molar-refractivity contribution in [1.29, 1.82) is 0 Å². The summed E-state index contributed by atoms with van der Waals surface area (Å²) in [5.41, 5.74) is 2.23. The van der Waals surface area contributed by atoms with Crippen LogP contribution in [0.4, 0.5) is 0 Å². The molecule has 1 atom stereocenters. The molecular formula is C22H29N3O. The number of aromatic nitrogens is 1. The van der Waals surface area contributed by atoms with Gasteiger partial charge in [-0.15, -0.1) is 0 Å². The number of carbonyl (C=O) groups is 1. The van der Waals surface area contributed by atoms with Crippen molar-refractivity contribution in [3.63, 3.8) is 0 Å². The second kappa shape index (κ2) is 9.48. The van der Waals surface area contributed by atoms with Crippen LogP contribution in [0.5, 0.6) is 0 Å². The first-order valence-corrected chi connectivity index (χ1v) is 9.71. The summed E-state index contributed by atoms with van der Waals surface area (Å²) < 4.78 is 0. The molecule has 0 radical (unpaired) electrons. The molecule has 0 spiro atoms. The maximum absolute atomic E-state index is 13.0. The second-order valence-electron chi connectivity index (χ2n) is 7.12. The number of rotatable bonds is 6. The predicted molar refractivity (Wildman–Crippen MR) is 105 cm³/mol. The molecule has 26 heavy (non-hydrogen) atoms. The summed E-state index contributed by atoms with van der Waals surface area (Å²) in [6, 6.07) is 16.4. The fraction of sp³-hybridized carbons (Fsp3) is 0.455. The molecule has 4 heteroatoms. The molecule has 1 aromatic heterocycles. The fourth-order valence-corrected chi connectivity index (χ4v) is 3.55. The molecule has 0 saturated carbocycles. The minimum atomic E-state index is 0.0901. The van der Waals surface area contributed by atoms with E-state index in [0.717, 1.165) is 38.2 Å². The Balaban J connectivity index is 1.74. The molecule has 0 unspecified atom stereocenters. The summed E-state index contributed by atoms with van der Waals surface area (Å²) in [5, 5.41) is 0. The lowest BCUT2D eigenvalue weighted by atomic mass is 10.1. The Hall–Kier alpha value is -2.20. The van der Waals surface area contributed by atoms with Crippen LogP contribution >= 0.6 is 0 Å². The van der Waals surface area contributed by atoms with Crippen molar-refractivity contribution in [2.45, 2.75) is 45.2 Å². The van der Waals surface area contributed by atoms with E-state index in [1.165, 1.54) is 18.4 Å². The molecule has 1 aliphatic rings. The Morgan fingerprint density at radius 3 is 2.38 bits per heavy atom. The molecule has 138 valence electrons. The molecule has 1 fully saturated rings. The van der Waals surface area contributed by atoms with Gasteiger partial charge in [0, 0.05) is 25.8 Å². The summed E-state index contributed by atoms with van der Waals surface area (Å²) >= 11 is 0. The zero-order chi connectivity index (χ0) is 18.2. The van der Waals surface area contributed by atoms with Gasteiger partial charge in [-0.3, -0.25) is 14.7 Å². The van der Waals surface area contributed by atoms with E-state index >= 15 is 0 Å². The van der Waals surface area contributed by atoms with Crippen LogP contribution in [-0.4, -0.2) is 40.3 Å². The first kappa shape index (κ1) is 18.6. The highest BCUT2D eigenvalue weighted by atomic mass is 16.2. The SMILES string of the molecule is C[C@H](c1ccccn1)N(CC(=O)N1CCCCCC1)Cc1ccccc1. The van der Waals surface area contributed by atoms with Crippen LogP contribution in [0.3, 0.4) is 0 Å². The first-order valence-electron chi connectivity index (χ1n) is 9.71. The highest BCUT2D eigenvalue weighted by molar-refractivity contribution is 5.78. The van der Waals surface area contributed by atoms with Gasteiger partial charge in [-0.25, -0.2) is 0 Å².